The van der Waals surface area contributed by atoms with Gasteiger partial charge < -0.3 is 10.0 Å². The molecule has 1 aromatic carbocycles. The lowest BCUT2D eigenvalue weighted by Gasteiger charge is -2.39. The van der Waals surface area contributed by atoms with Gasteiger partial charge in [0.15, 0.2) is 0 Å². The minimum Gasteiger partial charge on any atom is -0.477 e. The number of carboxylic acids is 1. The predicted molar refractivity (Wildman–Crippen MR) is 75.3 cm³/mol. The van der Waals surface area contributed by atoms with Gasteiger partial charge >= 0.3 is 11.7 Å². The van der Waals surface area contributed by atoms with Gasteiger partial charge in [-0.05, 0) is 30.4 Å². The average molecular weight is 278 g/mol. The van der Waals surface area contributed by atoms with Gasteiger partial charge in [-0.3, -0.25) is 10.1 Å². The minimum absolute atomic E-state index is 0.0747. The summed E-state index contributed by atoms with van der Waals surface area (Å²) in [5.41, 5.74) is -0.0815. The maximum atomic E-state index is 11.3. The molecule has 1 saturated heterocycles. The van der Waals surface area contributed by atoms with Crippen LogP contribution in [0.1, 0.15) is 37.0 Å². The summed E-state index contributed by atoms with van der Waals surface area (Å²) < 4.78 is 0. The van der Waals surface area contributed by atoms with Crippen molar-refractivity contribution in [2.45, 2.75) is 26.7 Å². The third-order valence-electron chi connectivity index (χ3n) is 3.67. The lowest BCUT2D eigenvalue weighted by atomic mass is 9.84. The molecule has 1 heterocycles. The fraction of sp³-hybridized carbons (Fsp3) is 0.500. The molecule has 1 aliphatic rings. The Morgan fingerprint density at radius 3 is 2.70 bits per heavy atom. The monoisotopic (exact) mass is 278 g/mol. The van der Waals surface area contributed by atoms with Crippen LogP contribution in [0.15, 0.2) is 18.2 Å². The number of nitrogens with zero attached hydrogens (tertiary/aromatic N) is 2. The molecule has 1 N–H and O–H groups in total. The molecule has 0 aliphatic carbocycles. The standard InChI is InChI=1S/C14H18N2O4/c1-14(2)7-4-8-15(9-14)11-6-3-5-10(13(17)18)12(11)16(19)20/h3,5-6H,4,7-9H2,1-2H3,(H,17,18). The summed E-state index contributed by atoms with van der Waals surface area (Å²) in [5.74, 6) is -1.27. The summed E-state index contributed by atoms with van der Waals surface area (Å²) in [6.45, 7) is 5.64. The van der Waals surface area contributed by atoms with Crippen LogP contribution in [0.3, 0.4) is 0 Å². The molecule has 6 nitrogen and oxygen atoms in total. The first-order chi connectivity index (χ1) is 9.32. The second-order valence-electron chi connectivity index (χ2n) is 5.92. The van der Waals surface area contributed by atoms with Crippen molar-refractivity contribution in [3.8, 4) is 0 Å². The first kappa shape index (κ1) is 14.3. The van der Waals surface area contributed by atoms with Gasteiger partial charge in [0.05, 0.1) is 4.92 Å². The van der Waals surface area contributed by atoms with Crippen molar-refractivity contribution in [1.29, 1.82) is 0 Å². The van der Waals surface area contributed by atoms with Gasteiger partial charge in [-0.1, -0.05) is 19.9 Å². The Bertz CT molecular complexity index is 554. The Morgan fingerprint density at radius 2 is 2.15 bits per heavy atom. The van der Waals surface area contributed by atoms with E-state index in [1.165, 1.54) is 6.07 Å². The number of hydrogen-bond acceptors (Lipinski definition) is 4. The number of benzene rings is 1. The molecule has 0 radical (unpaired) electrons. The first-order valence-corrected chi connectivity index (χ1v) is 6.57. The van der Waals surface area contributed by atoms with E-state index < -0.39 is 10.9 Å². The predicted octanol–water partition coefficient (Wildman–Crippen LogP) is 2.92. The third kappa shape index (κ3) is 2.74. The van der Waals surface area contributed by atoms with E-state index in [1.54, 1.807) is 12.1 Å². The SMILES string of the molecule is CC1(C)CCCN(c2cccc(C(=O)O)c2[N+](=O)[O-])C1. The van der Waals surface area contributed by atoms with Crippen LogP contribution < -0.4 is 4.90 Å². The number of carboxylic acid groups (broad SMARTS) is 1. The first-order valence-electron chi connectivity index (χ1n) is 6.57. The van der Waals surface area contributed by atoms with E-state index in [9.17, 15) is 14.9 Å². The molecule has 1 aromatic rings. The van der Waals surface area contributed by atoms with Crippen molar-refractivity contribution in [3.05, 3.63) is 33.9 Å². The molecule has 108 valence electrons. The number of hydrogen-bond donors (Lipinski definition) is 1. The van der Waals surface area contributed by atoms with E-state index in [1.807, 2.05) is 4.90 Å². The number of para-hydroxylation sites is 1. The summed E-state index contributed by atoms with van der Waals surface area (Å²) in [4.78, 5) is 23.8. The quantitative estimate of drug-likeness (QED) is 0.678. The van der Waals surface area contributed by atoms with Gasteiger partial charge in [0, 0.05) is 13.1 Å². The van der Waals surface area contributed by atoms with Gasteiger partial charge in [-0.25, -0.2) is 4.79 Å². The van der Waals surface area contributed by atoms with Crippen molar-refractivity contribution >= 4 is 17.3 Å². The zero-order valence-electron chi connectivity index (χ0n) is 11.6. The van der Waals surface area contributed by atoms with Crippen LogP contribution in [0.2, 0.25) is 0 Å². The van der Waals surface area contributed by atoms with Crippen molar-refractivity contribution < 1.29 is 14.8 Å². The van der Waals surface area contributed by atoms with Crippen LogP contribution in [0.5, 0.6) is 0 Å². The largest absolute Gasteiger partial charge is 0.477 e. The summed E-state index contributed by atoms with van der Waals surface area (Å²) in [6.07, 6.45) is 2.01. The highest BCUT2D eigenvalue weighted by Crippen LogP contribution is 2.37. The molecule has 0 spiro atoms. The van der Waals surface area contributed by atoms with Gasteiger partial charge in [0.25, 0.3) is 0 Å². The van der Waals surface area contributed by atoms with Crippen molar-refractivity contribution in [2.75, 3.05) is 18.0 Å². The zero-order valence-corrected chi connectivity index (χ0v) is 11.6. The topological polar surface area (TPSA) is 83.7 Å². The lowest BCUT2D eigenvalue weighted by molar-refractivity contribution is -0.384. The Kier molecular flexibility index (Phi) is 3.65. The third-order valence-corrected chi connectivity index (χ3v) is 3.67. The number of piperidine rings is 1. The maximum absolute atomic E-state index is 11.3. The molecule has 0 aromatic heterocycles. The maximum Gasteiger partial charge on any atom is 0.342 e. The number of aromatic carboxylic acids is 1. The molecular formula is C14H18N2O4. The lowest BCUT2D eigenvalue weighted by Crippen LogP contribution is -2.40. The molecule has 2 rings (SSSR count). The minimum atomic E-state index is -1.27. The Balaban J connectivity index is 2.48. The van der Waals surface area contributed by atoms with Crippen LogP contribution >= 0.6 is 0 Å². The number of anilines is 1. The average Bonchev–Trinajstić information content (AvgIpc) is 2.36. The number of nitro benzene ring substituents is 1. The van der Waals surface area contributed by atoms with E-state index in [0.29, 0.717) is 18.8 Å². The number of rotatable bonds is 3. The van der Waals surface area contributed by atoms with E-state index in [0.717, 1.165) is 12.8 Å². The highest BCUT2D eigenvalue weighted by atomic mass is 16.6. The summed E-state index contributed by atoms with van der Waals surface area (Å²) in [6, 6.07) is 4.47. The smallest absolute Gasteiger partial charge is 0.342 e. The zero-order chi connectivity index (χ0) is 14.9. The Morgan fingerprint density at radius 1 is 1.45 bits per heavy atom. The highest BCUT2D eigenvalue weighted by Gasteiger charge is 2.32. The van der Waals surface area contributed by atoms with E-state index in [4.69, 9.17) is 5.11 Å². The summed E-state index contributed by atoms with van der Waals surface area (Å²) in [7, 11) is 0. The van der Waals surface area contributed by atoms with Gasteiger partial charge in [-0.15, -0.1) is 0 Å². The molecule has 0 bridgehead atoms. The van der Waals surface area contributed by atoms with Crippen molar-refractivity contribution in [3.63, 3.8) is 0 Å². The molecule has 1 fully saturated rings. The van der Waals surface area contributed by atoms with Gasteiger partial charge in [0.2, 0.25) is 0 Å². The van der Waals surface area contributed by atoms with Crippen molar-refractivity contribution in [1.82, 2.24) is 0 Å². The highest BCUT2D eigenvalue weighted by molar-refractivity contribution is 5.95. The second-order valence-corrected chi connectivity index (χ2v) is 5.92. The van der Waals surface area contributed by atoms with Crippen LogP contribution in [-0.2, 0) is 0 Å². The molecule has 1 aliphatic heterocycles. The van der Waals surface area contributed by atoms with E-state index in [2.05, 4.69) is 13.8 Å². The van der Waals surface area contributed by atoms with Crippen LogP contribution in [0.25, 0.3) is 0 Å². The van der Waals surface area contributed by atoms with Crippen LogP contribution in [-0.4, -0.2) is 29.1 Å². The fourth-order valence-corrected chi connectivity index (χ4v) is 2.78. The molecule has 6 heteroatoms. The number of nitro groups is 1. The molecule has 0 saturated carbocycles. The Hall–Kier alpha value is -2.11. The van der Waals surface area contributed by atoms with Crippen LogP contribution in [0.4, 0.5) is 11.4 Å². The molecular weight excluding hydrogens is 260 g/mol. The molecule has 0 unspecified atom stereocenters. The molecule has 0 atom stereocenters. The van der Waals surface area contributed by atoms with E-state index >= 15 is 0 Å². The van der Waals surface area contributed by atoms with E-state index in [-0.39, 0.29) is 16.7 Å². The Labute approximate surface area is 117 Å². The summed E-state index contributed by atoms with van der Waals surface area (Å²) in [5, 5.41) is 20.4. The van der Waals surface area contributed by atoms with Crippen molar-refractivity contribution in [2.24, 2.45) is 5.41 Å². The fourth-order valence-electron chi connectivity index (χ4n) is 2.78. The van der Waals surface area contributed by atoms with Gasteiger partial charge in [0.1, 0.15) is 11.3 Å². The molecule has 20 heavy (non-hydrogen) atoms. The normalized spacial score (nSPS) is 17.8. The number of carbonyl (C=O) groups is 1. The van der Waals surface area contributed by atoms with Gasteiger partial charge in [-0.2, -0.15) is 0 Å². The second kappa shape index (κ2) is 5.11. The van der Waals surface area contributed by atoms with Crippen LogP contribution in [0, 0.1) is 15.5 Å². The molecule has 0 amide bonds. The summed E-state index contributed by atoms with van der Waals surface area (Å²) >= 11 is 0.